The monoisotopic (exact) mass is 304 g/mol. The molecule has 0 aliphatic heterocycles. The minimum atomic E-state index is -4.29. The number of anilines is 1. The molecular formula is C12H11F3N2S2. The summed E-state index contributed by atoms with van der Waals surface area (Å²) in [4.78, 5) is 4.31. The second kappa shape index (κ2) is 5.83. The number of benzene rings is 1. The average Bonchev–Trinajstić information content (AvgIpc) is 2.83. The van der Waals surface area contributed by atoms with E-state index in [2.05, 4.69) is 10.3 Å². The second-order valence-corrected chi connectivity index (χ2v) is 5.65. The summed E-state index contributed by atoms with van der Waals surface area (Å²) in [6, 6.07) is 6.25. The molecule has 0 aliphatic rings. The Hall–Kier alpha value is -1.21. The average molecular weight is 304 g/mol. The summed E-state index contributed by atoms with van der Waals surface area (Å²) in [5.41, 5.74) is -1.31. The van der Waals surface area contributed by atoms with E-state index in [0.717, 1.165) is 5.69 Å². The van der Waals surface area contributed by atoms with Crippen molar-refractivity contribution in [2.24, 2.45) is 0 Å². The lowest BCUT2D eigenvalue weighted by atomic mass is 10.2. The van der Waals surface area contributed by atoms with E-state index in [1.807, 2.05) is 12.3 Å². The summed E-state index contributed by atoms with van der Waals surface area (Å²) in [6.45, 7) is 1.87. The topological polar surface area (TPSA) is 24.9 Å². The van der Waals surface area contributed by atoms with Crippen LogP contribution in [0, 0.1) is 0 Å². The van der Waals surface area contributed by atoms with Gasteiger partial charge < -0.3 is 5.32 Å². The van der Waals surface area contributed by atoms with Gasteiger partial charge in [-0.3, -0.25) is 0 Å². The zero-order chi connectivity index (χ0) is 13.9. The Bertz CT molecular complexity index is 526. The summed E-state index contributed by atoms with van der Waals surface area (Å²) in [7, 11) is 0. The number of thiazole rings is 1. The molecule has 1 aromatic carbocycles. The smallest absolute Gasteiger partial charge is 0.376 e. The lowest BCUT2D eigenvalue weighted by molar-refractivity contribution is -0.0327. The minimum absolute atomic E-state index is 0.114. The van der Waals surface area contributed by atoms with Crippen molar-refractivity contribution in [3.63, 3.8) is 0 Å². The molecule has 0 saturated carbocycles. The van der Waals surface area contributed by atoms with Gasteiger partial charge in [-0.1, -0.05) is 12.1 Å². The highest BCUT2D eigenvalue weighted by Crippen LogP contribution is 2.41. The molecule has 0 radical (unpaired) electrons. The van der Waals surface area contributed by atoms with Gasteiger partial charge in [-0.05, 0) is 30.8 Å². The molecular weight excluding hydrogens is 293 g/mol. The molecule has 2 nitrogen and oxygen atoms in total. The highest BCUT2D eigenvalue weighted by Gasteiger charge is 2.30. The third-order valence-electron chi connectivity index (χ3n) is 2.38. The van der Waals surface area contributed by atoms with E-state index in [0.29, 0.717) is 5.69 Å². The molecule has 1 aromatic heterocycles. The van der Waals surface area contributed by atoms with Crippen molar-refractivity contribution in [3.8, 4) is 0 Å². The van der Waals surface area contributed by atoms with Crippen LogP contribution in [0.4, 0.5) is 18.9 Å². The molecule has 19 heavy (non-hydrogen) atoms. The number of rotatable bonds is 4. The molecule has 1 heterocycles. The summed E-state index contributed by atoms with van der Waals surface area (Å²) in [5.74, 6) is 0. The first-order chi connectivity index (χ1) is 8.96. The van der Waals surface area contributed by atoms with Crippen LogP contribution < -0.4 is 5.32 Å². The van der Waals surface area contributed by atoms with Crippen LogP contribution in [0.3, 0.4) is 0 Å². The van der Waals surface area contributed by atoms with Gasteiger partial charge in [0.2, 0.25) is 0 Å². The Morgan fingerprint density at radius 1 is 1.32 bits per heavy atom. The number of hydrogen-bond donors (Lipinski definition) is 1. The normalized spacial score (nSPS) is 13.3. The molecule has 7 heteroatoms. The number of aromatic nitrogens is 1. The van der Waals surface area contributed by atoms with Gasteiger partial charge >= 0.3 is 5.51 Å². The van der Waals surface area contributed by atoms with Crippen LogP contribution in [-0.2, 0) is 0 Å². The largest absolute Gasteiger partial charge is 0.446 e. The first-order valence-corrected chi connectivity index (χ1v) is 7.21. The molecule has 2 rings (SSSR count). The Kier molecular flexibility index (Phi) is 4.36. The van der Waals surface area contributed by atoms with Crippen LogP contribution in [0.15, 0.2) is 40.1 Å². The maximum Gasteiger partial charge on any atom is 0.446 e. The van der Waals surface area contributed by atoms with Crippen molar-refractivity contribution >= 4 is 28.8 Å². The van der Waals surface area contributed by atoms with E-state index < -0.39 is 5.51 Å². The molecule has 2 aromatic rings. The van der Waals surface area contributed by atoms with Gasteiger partial charge in [0.05, 0.1) is 17.2 Å². The Balaban J connectivity index is 2.16. The Morgan fingerprint density at radius 2 is 2.05 bits per heavy atom. The number of halogens is 3. The van der Waals surface area contributed by atoms with E-state index in [1.165, 1.54) is 17.4 Å². The molecule has 1 unspecified atom stereocenters. The fourth-order valence-electron chi connectivity index (χ4n) is 1.54. The number of alkyl halides is 3. The number of thioether (sulfide) groups is 1. The molecule has 0 saturated heterocycles. The minimum Gasteiger partial charge on any atom is -0.376 e. The number of hydrogen-bond acceptors (Lipinski definition) is 4. The van der Waals surface area contributed by atoms with Crippen molar-refractivity contribution in [2.75, 3.05) is 5.32 Å². The van der Waals surface area contributed by atoms with E-state index in [4.69, 9.17) is 0 Å². The van der Waals surface area contributed by atoms with Crippen molar-refractivity contribution in [3.05, 3.63) is 40.8 Å². The van der Waals surface area contributed by atoms with Crippen LogP contribution >= 0.6 is 23.1 Å². The molecule has 1 atom stereocenters. The van der Waals surface area contributed by atoms with Gasteiger partial charge in [-0.15, -0.1) is 11.3 Å². The van der Waals surface area contributed by atoms with Gasteiger partial charge in [-0.2, -0.15) is 13.2 Å². The summed E-state index contributed by atoms with van der Waals surface area (Å²) >= 11 is 1.34. The summed E-state index contributed by atoms with van der Waals surface area (Å²) in [5, 5.41) is 4.93. The van der Waals surface area contributed by atoms with Gasteiger partial charge in [0, 0.05) is 16.0 Å². The fourth-order valence-corrected chi connectivity index (χ4v) is 2.82. The van der Waals surface area contributed by atoms with Gasteiger partial charge in [-0.25, -0.2) is 4.98 Å². The van der Waals surface area contributed by atoms with Crippen LogP contribution in [-0.4, -0.2) is 10.5 Å². The molecule has 102 valence electrons. The third kappa shape index (κ3) is 4.14. The number of nitrogens with zero attached hydrogens (tertiary/aromatic N) is 1. The van der Waals surface area contributed by atoms with Crippen LogP contribution in [0.2, 0.25) is 0 Å². The predicted octanol–water partition coefficient (Wildman–Crippen LogP) is 4.93. The highest BCUT2D eigenvalue weighted by atomic mass is 32.2. The summed E-state index contributed by atoms with van der Waals surface area (Å²) in [6.07, 6.45) is 0. The van der Waals surface area contributed by atoms with Crippen molar-refractivity contribution in [2.45, 2.75) is 23.4 Å². The van der Waals surface area contributed by atoms with E-state index in [9.17, 15) is 13.2 Å². The van der Waals surface area contributed by atoms with Crippen LogP contribution in [0.5, 0.6) is 0 Å². The fraction of sp³-hybridized carbons (Fsp3) is 0.250. The van der Waals surface area contributed by atoms with Gasteiger partial charge in [0.25, 0.3) is 0 Å². The quantitative estimate of drug-likeness (QED) is 0.811. The van der Waals surface area contributed by atoms with Gasteiger partial charge in [0.15, 0.2) is 0 Å². The van der Waals surface area contributed by atoms with Crippen molar-refractivity contribution in [1.82, 2.24) is 4.98 Å². The van der Waals surface area contributed by atoms with Crippen LogP contribution in [0.1, 0.15) is 18.7 Å². The first kappa shape index (κ1) is 14.2. The standard InChI is InChI=1S/C12H11F3N2S2/c1-8(10-6-18-7-16-10)17-9-4-2-3-5-11(9)19-12(13,14)15/h2-8,17H,1H3. The zero-order valence-corrected chi connectivity index (χ0v) is 11.6. The third-order valence-corrected chi connectivity index (χ3v) is 3.79. The second-order valence-electron chi connectivity index (χ2n) is 3.82. The van der Waals surface area contributed by atoms with Gasteiger partial charge in [0.1, 0.15) is 0 Å². The van der Waals surface area contributed by atoms with E-state index in [1.54, 1.807) is 23.7 Å². The molecule has 0 amide bonds. The lowest BCUT2D eigenvalue weighted by Crippen LogP contribution is -2.08. The molecule has 1 N–H and O–H groups in total. The SMILES string of the molecule is CC(Nc1ccccc1SC(F)(F)F)c1cscn1. The van der Waals surface area contributed by atoms with Crippen molar-refractivity contribution in [1.29, 1.82) is 0 Å². The maximum absolute atomic E-state index is 12.5. The zero-order valence-electron chi connectivity index (χ0n) is 9.94. The Morgan fingerprint density at radius 3 is 2.68 bits per heavy atom. The maximum atomic E-state index is 12.5. The van der Waals surface area contributed by atoms with Crippen molar-refractivity contribution < 1.29 is 13.2 Å². The Labute approximate surface area is 117 Å². The molecule has 0 bridgehead atoms. The number of para-hydroxylation sites is 1. The highest BCUT2D eigenvalue weighted by molar-refractivity contribution is 8.00. The van der Waals surface area contributed by atoms with E-state index in [-0.39, 0.29) is 22.7 Å². The summed E-state index contributed by atoms with van der Waals surface area (Å²) < 4.78 is 37.4. The lowest BCUT2D eigenvalue weighted by Gasteiger charge is -2.17. The van der Waals surface area contributed by atoms with E-state index >= 15 is 0 Å². The molecule has 0 spiro atoms. The molecule has 0 aliphatic carbocycles. The van der Waals surface area contributed by atoms with Crippen LogP contribution in [0.25, 0.3) is 0 Å². The number of nitrogens with one attached hydrogen (secondary N) is 1. The predicted molar refractivity (Wildman–Crippen MR) is 72.5 cm³/mol. The first-order valence-electron chi connectivity index (χ1n) is 5.45. The molecule has 0 fully saturated rings.